The summed E-state index contributed by atoms with van der Waals surface area (Å²) in [6, 6.07) is 9.86. The van der Waals surface area contributed by atoms with Crippen LogP contribution >= 0.6 is 12.4 Å². The summed E-state index contributed by atoms with van der Waals surface area (Å²) < 4.78 is 1.77. The Kier molecular flexibility index (Phi) is 4.98. The van der Waals surface area contributed by atoms with Crippen molar-refractivity contribution in [3.63, 3.8) is 0 Å². The lowest BCUT2D eigenvalue weighted by Crippen LogP contribution is -2.46. The minimum absolute atomic E-state index is 0. The number of hydrogen-bond donors (Lipinski definition) is 1. The maximum atomic E-state index is 12.4. The number of fused-ring (bicyclic) bond motifs is 1. The van der Waals surface area contributed by atoms with Crippen LogP contribution in [0.5, 0.6) is 0 Å². The lowest BCUT2D eigenvalue weighted by molar-refractivity contribution is -0.119. The zero-order valence-corrected chi connectivity index (χ0v) is 12.5. The molecule has 2 aromatic rings. The highest BCUT2D eigenvalue weighted by molar-refractivity contribution is 5.94. The van der Waals surface area contributed by atoms with Gasteiger partial charge in [0.25, 0.3) is 0 Å². The van der Waals surface area contributed by atoms with Crippen molar-refractivity contribution in [2.24, 2.45) is 5.73 Å². The Morgan fingerprint density at radius 1 is 1.33 bits per heavy atom. The van der Waals surface area contributed by atoms with Crippen molar-refractivity contribution in [1.29, 1.82) is 0 Å². The molecule has 2 heterocycles. The van der Waals surface area contributed by atoms with Gasteiger partial charge in [-0.15, -0.1) is 12.4 Å². The van der Waals surface area contributed by atoms with Gasteiger partial charge in [-0.2, -0.15) is 5.10 Å². The predicted molar refractivity (Wildman–Crippen MR) is 84.6 cm³/mol. The first-order valence-electron chi connectivity index (χ1n) is 6.85. The number of amides is 1. The van der Waals surface area contributed by atoms with Gasteiger partial charge in [-0.3, -0.25) is 9.48 Å². The van der Waals surface area contributed by atoms with Gasteiger partial charge in [0.1, 0.15) is 0 Å². The molecule has 1 amide bonds. The number of aromatic nitrogens is 2. The lowest BCUT2D eigenvalue weighted by atomic mass is 9.98. The summed E-state index contributed by atoms with van der Waals surface area (Å²) in [5.41, 5.74) is 8.21. The SMILES string of the molecule is Cl.NC1Cc2ccccc2N(C(=O)CCn2cccn2)C1. The molecule has 0 saturated heterocycles. The van der Waals surface area contributed by atoms with Crippen LogP contribution in [-0.2, 0) is 17.8 Å². The molecular weight excluding hydrogens is 288 g/mol. The topological polar surface area (TPSA) is 64.2 Å². The van der Waals surface area contributed by atoms with Gasteiger partial charge < -0.3 is 10.6 Å². The molecule has 1 aromatic carbocycles. The maximum absolute atomic E-state index is 12.4. The molecule has 3 rings (SSSR count). The fourth-order valence-corrected chi connectivity index (χ4v) is 2.64. The predicted octanol–water partition coefficient (Wildman–Crippen LogP) is 1.61. The van der Waals surface area contributed by atoms with Crippen molar-refractivity contribution >= 4 is 24.0 Å². The van der Waals surface area contributed by atoms with Crippen molar-refractivity contribution in [2.45, 2.75) is 25.4 Å². The molecule has 112 valence electrons. The maximum Gasteiger partial charge on any atom is 0.228 e. The molecule has 21 heavy (non-hydrogen) atoms. The molecule has 1 aliphatic heterocycles. The number of nitrogens with two attached hydrogens (primary N) is 1. The zero-order valence-electron chi connectivity index (χ0n) is 11.7. The van der Waals surface area contributed by atoms with Crippen LogP contribution in [0.3, 0.4) is 0 Å². The number of aryl methyl sites for hydroxylation is 1. The largest absolute Gasteiger partial charge is 0.326 e. The highest BCUT2D eigenvalue weighted by Crippen LogP contribution is 2.26. The molecule has 6 heteroatoms. The molecule has 0 saturated carbocycles. The van der Waals surface area contributed by atoms with E-state index < -0.39 is 0 Å². The average molecular weight is 307 g/mol. The number of halogens is 1. The smallest absolute Gasteiger partial charge is 0.228 e. The molecule has 0 radical (unpaired) electrons. The minimum atomic E-state index is 0. The number of benzene rings is 1. The molecule has 0 bridgehead atoms. The quantitative estimate of drug-likeness (QED) is 0.937. The number of nitrogens with zero attached hydrogens (tertiary/aromatic N) is 3. The van der Waals surface area contributed by atoms with Gasteiger partial charge in [0, 0.05) is 43.6 Å². The molecule has 0 spiro atoms. The third-order valence-corrected chi connectivity index (χ3v) is 3.60. The van der Waals surface area contributed by atoms with Crippen molar-refractivity contribution in [3.8, 4) is 0 Å². The number of para-hydroxylation sites is 1. The Morgan fingerprint density at radius 2 is 2.14 bits per heavy atom. The van der Waals surface area contributed by atoms with E-state index in [9.17, 15) is 4.79 Å². The average Bonchev–Trinajstić information content (AvgIpc) is 2.97. The van der Waals surface area contributed by atoms with Crippen molar-refractivity contribution in [2.75, 3.05) is 11.4 Å². The number of rotatable bonds is 3. The van der Waals surface area contributed by atoms with Gasteiger partial charge >= 0.3 is 0 Å². The molecule has 1 aliphatic rings. The Hall–Kier alpha value is -1.85. The molecule has 2 N–H and O–H groups in total. The number of carbonyl (C=O) groups excluding carboxylic acids is 1. The van der Waals surface area contributed by atoms with Crippen LogP contribution in [0.1, 0.15) is 12.0 Å². The Labute approximate surface area is 130 Å². The molecule has 5 nitrogen and oxygen atoms in total. The second-order valence-corrected chi connectivity index (χ2v) is 5.12. The van der Waals surface area contributed by atoms with Gasteiger partial charge in [-0.25, -0.2) is 0 Å². The van der Waals surface area contributed by atoms with E-state index in [0.717, 1.165) is 17.7 Å². The first kappa shape index (κ1) is 15.5. The third kappa shape index (κ3) is 3.43. The summed E-state index contributed by atoms with van der Waals surface area (Å²) >= 11 is 0. The van der Waals surface area contributed by atoms with Crippen LogP contribution in [0.15, 0.2) is 42.7 Å². The van der Waals surface area contributed by atoms with E-state index in [-0.39, 0.29) is 24.4 Å². The van der Waals surface area contributed by atoms with Gasteiger partial charge in [0.15, 0.2) is 0 Å². The number of hydrogen-bond acceptors (Lipinski definition) is 3. The van der Waals surface area contributed by atoms with E-state index in [2.05, 4.69) is 5.10 Å². The van der Waals surface area contributed by atoms with Gasteiger partial charge in [0.2, 0.25) is 5.91 Å². The summed E-state index contributed by atoms with van der Waals surface area (Å²) in [5.74, 6) is 0.100. The van der Waals surface area contributed by atoms with Crippen LogP contribution < -0.4 is 10.6 Å². The van der Waals surface area contributed by atoms with E-state index in [4.69, 9.17) is 5.73 Å². The van der Waals surface area contributed by atoms with Crippen LogP contribution in [0.4, 0.5) is 5.69 Å². The summed E-state index contributed by atoms with van der Waals surface area (Å²) in [6.07, 6.45) is 4.85. The van der Waals surface area contributed by atoms with Gasteiger partial charge in [-0.05, 0) is 24.1 Å². The highest BCUT2D eigenvalue weighted by atomic mass is 35.5. The zero-order chi connectivity index (χ0) is 13.9. The molecule has 1 aromatic heterocycles. The summed E-state index contributed by atoms with van der Waals surface area (Å²) in [5, 5.41) is 4.11. The summed E-state index contributed by atoms with van der Waals surface area (Å²) in [7, 11) is 0. The second kappa shape index (κ2) is 6.74. The van der Waals surface area contributed by atoms with E-state index in [0.29, 0.717) is 19.5 Å². The first-order chi connectivity index (χ1) is 9.74. The highest BCUT2D eigenvalue weighted by Gasteiger charge is 2.25. The molecule has 1 unspecified atom stereocenters. The summed E-state index contributed by atoms with van der Waals surface area (Å²) in [6.45, 7) is 1.19. The van der Waals surface area contributed by atoms with Crippen molar-refractivity contribution < 1.29 is 4.79 Å². The standard InChI is InChI=1S/C15H18N4O.ClH/c16-13-10-12-4-1-2-5-14(12)19(11-13)15(20)6-9-18-8-3-7-17-18;/h1-5,7-8,13H,6,9-11,16H2;1H. The lowest BCUT2D eigenvalue weighted by Gasteiger charge is -2.33. The van der Waals surface area contributed by atoms with E-state index in [1.54, 1.807) is 10.9 Å². The molecule has 1 atom stereocenters. The Balaban J connectivity index is 0.00000161. The second-order valence-electron chi connectivity index (χ2n) is 5.12. The Morgan fingerprint density at radius 3 is 2.90 bits per heavy atom. The number of anilines is 1. The van der Waals surface area contributed by atoms with Gasteiger partial charge in [0.05, 0.1) is 0 Å². The number of carbonyl (C=O) groups is 1. The fraction of sp³-hybridized carbons (Fsp3) is 0.333. The van der Waals surface area contributed by atoms with Crippen molar-refractivity contribution in [3.05, 3.63) is 48.3 Å². The molecule has 0 fully saturated rings. The normalized spacial score (nSPS) is 17.0. The molecular formula is C15H19ClN4O. The summed E-state index contributed by atoms with van der Waals surface area (Å²) in [4.78, 5) is 14.2. The minimum Gasteiger partial charge on any atom is -0.326 e. The first-order valence-corrected chi connectivity index (χ1v) is 6.85. The van der Waals surface area contributed by atoms with E-state index in [1.807, 2.05) is 41.4 Å². The van der Waals surface area contributed by atoms with Crippen molar-refractivity contribution in [1.82, 2.24) is 9.78 Å². The van der Waals surface area contributed by atoms with E-state index in [1.165, 1.54) is 0 Å². The van der Waals surface area contributed by atoms with E-state index >= 15 is 0 Å². The monoisotopic (exact) mass is 306 g/mol. The Bertz CT molecular complexity index is 599. The molecule has 0 aliphatic carbocycles. The van der Waals surface area contributed by atoms with Crippen LogP contribution in [0.2, 0.25) is 0 Å². The van der Waals surface area contributed by atoms with Gasteiger partial charge in [-0.1, -0.05) is 18.2 Å². The fourth-order valence-electron chi connectivity index (χ4n) is 2.64. The van der Waals surface area contributed by atoms with Crippen LogP contribution in [0, 0.1) is 0 Å². The van der Waals surface area contributed by atoms with Crippen LogP contribution in [-0.4, -0.2) is 28.3 Å². The van der Waals surface area contributed by atoms with Crippen LogP contribution in [0.25, 0.3) is 0 Å². The third-order valence-electron chi connectivity index (χ3n) is 3.60.